The van der Waals surface area contributed by atoms with Crippen molar-refractivity contribution < 1.29 is 9.47 Å². The first-order chi connectivity index (χ1) is 7.06. The normalized spacial score (nSPS) is 36.7. The van der Waals surface area contributed by atoms with E-state index in [1.807, 2.05) is 0 Å². The van der Waals surface area contributed by atoms with Gasteiger partial charge >= 0.3 is 0 Å². The van der Waals surface area contributed by atoms with Crippen molar-refractivity contribution in [3.05, 3.63) is 12.2 Å². The molecule has 1 saturated carbocycles. The quantitative estimate of drug-likeness (QED) is 0.652. The lowest BCUT2D eigenvalue weighted by Gasteiger charge is -2.47. The first-order valence-corrected chi connectivity index (χ1v) is 5.88. The van der Waals surface area contributed by atoms with Crippen molar-refractivity contribution in [3.8, 4) is 0 Å². The van der Waals surface area contributed by atoms with Crippen LogP contribution in [0.3, 0.4) is 0 Å². The molecule has 0 radical (unpaired) electrons. The van der Waals surface area contributed by atoms with E-state index in [2.05, 4.69) is 20.4 Å². The molecule has 1 heterocycles. The molecule has 2 rings (SSSR count). The smallest absolute Gasteiger partial charge is 0.0657 e. The third kappa shape index (κ3) is 1.85. The van der Waals surface area contributed by atoms with E-state index in [-0.39, 0.29) is 5.60 Å². The highest BCUT2D eigenvalue weighted by Crippen LogP contribution is 2.45. The van der Waals surface area contributed by atoms with E-state index in [1.54, 1.807) is 7.11 Å². The minimum atomic E-state index is -0.0563. The Labute approximate surface area is 92.6 Å². The number of hydrogen-bond donors (Lipinski definition) is 0. The summed E-state index contributed by atoms with van der Waals surface area (Å²) in [5.74, 6) is 1.67. The van der Waals surface area contributed by atoms with E-state index >= 15 is 0 Å². The lowest BCUT2D eigenvalue weighted by molar-refractivity contribution is -0.0906. The Kier molecular flexibility index (Phi) is 2.91. The molecule has 0 spiro atoms. The first kappa shape index (κ1) is 11.2. The molecule has 1 aliphatic heterocycles. The van der Waals surface area contributed by atoms with Gasteiger partial charge in [0.25, 0.3) is 0 Å². The number of fused-ring (bicyclic) bond motifs is 2. The predicted octanol–water partition coefficient (Wildman–Crippen LogP) is 2.64. The lowest BCUT2D eigenvalue weighted by Crippen LogP contribution is -2.47. The van der Waals surface area contributed by atoms with Crippen LogP contribution in [0.4, 0.5) is 0 Å². The topological polar surface area (TPSA) is 18.5 Å². The zero-order valence-electron chi connectivity index (χ0n) is 10.1. The van der Waals surface area contributed by atoms with Crippen molar-refractivity contribution in [2.75, 3.05) is 20.3 Å². The van der Waals surface area contributed by atoms with E-state index < -0.39 is 0 Å². The summed E-state index contributed by atoms with van der Waals surface area (Å²) in [7, 11) is 1.80. The van der Waals surface area contributed by atoms with Crippen LogP contribution in [0.2, 0.25) is 0 Å². The van der Waals surface area contributed by atoms with Crippen molar-refractivity contribution in [3.63, 3.8) is 0 Å². The Bertz CT molecular complexity index is 257. The summed E-state index contributed by atoms with van der Waals surface area (Å²) in [6.45, 7) is 10.3. The second-order valence-electron chi connectivity index (χ2n) is 5.41. The molecule has 15 heavy (non-hydrogen) atoms. The minimum absolute atomic E-state index is 0.0563. The summed E-state index contributed by atoms with van der Waals surface area (Å²) >= 11 is 0. The molecule has 0 aromatic heterocycles. The molecule has 1 aliphatic carbocycles. The van der Waals surface area contributed by atoms with Crippen LogP contribution in [0.25, 0.3) is 0 Å². The largest absolute Gasteiger partial charge is 0.380 e. The molecule has 2 nitrogen and oxygen atoms in total. The Morgan fingerprint density at radius 1 is 1.33 bits per heavy atom. The average molecular weight is 210 g/mol. The summed E-state index contributed by atoms with van der Waals surface area (Å²) in [5, 5.41) is 0. The molecule has 3 atom stereocenters. The molecule has 0 amide bonds. The van der Waals surface area contributed by atoms with Gasteiger partial charge in [0, 0.05) is 18.9 Å². The minimum Gasteiger partial charge on any atom is -0.380 e. The van der Waals surface area contributed by atoms with Gasteiger partial charge in [-0.05, 0) is 32.6 Å². The average Bonchev–Trinajstić information content (AvgIpc) is 2.17. The summed E-state index contributed by atoms with van der Waals surface area (Å²) in [4.78, 5) is 0. The molecular weight excluding hydrogens is 188 g/mol. The van der Waals surface area contributed by atoms with Gasteiger partial charge in [-0.1, -0.05) is 12.2 Å². The lowest BCUT2D eigenvalue weighted by atomic mass is 9.65. The van der Waals surface area contributed by atoms with Gasteiger partial charge in [0.2, 0.25) is 0 Å². The summed E-state index contributed by atoms with van der Waals surface area (Å²) in [6, 6.07) is 0. The maximum Gasteiger partial charge on any atom is 0.0657 e. The maximum absolute atomic E-state index is 5.66. The highest BCUT2D eigenvalue weighted by Gasteiger charge is 2.44. The number of ether oxygens (including phenoxy) is 2. The standard InChI is InChI=1S/C13H22O2/c1-9-10-5-6-12(13(2,3)14-4)11(9)8-15-7-10/h10-12H,1,5-8H2,2-4H3. The van der Waals surface area contributed by atoms with Gasteiger partial charge in [-0.15, -0.1) is 0 Å². The third-order valence-electron chi connectivity index (χ3n) is 4.35. The molecule has 0 aromatic carbocycles. The molecule has 1 saturated heterocycles. The monoisotopic (exact) mass is 210 g/mol. The number of methoxy groups -OCH3 is 1. The second kappa shape index (κ2) is 3.91. The van der Waals surface area contributed by atoms with Gasteiger partial charge in [-0.3, -0.25) is 0 Å². The van der Waals surface area contributed by atoms with E-state index in [9.17, 15) is 0 Å². The van der Waals surface area contributed by atoms with Crippen LogP contribution in [-0.4, -0.2) is 25.9 Å². The van der Waals surface area contributed by atoms with Crippen LogP contribution < -0.4 is 0 Å². The molecule has 0 N–H and O–H groups in total. The molecule has 86 valence electrons. The second-order valence-corrected chi connectivity index (χ2v) is 5.41. The predicted molar refractivity (Wildman–Crippen MR) is 60.8 cm³/mol. The zero-order chi connectivity index (χ0) is 11.1. The molecular formula is C13H22O2. The van der Waals surface area contributed by atoms with Gasteiger partial charge in [-0.2, -0.15) is 0 Å². The fourth-order valence-electron chi connectivity index (χ4n) is 3.06. The molecule has 0 aromatic rings. The van der Waals surface area contributed by atoms with Crippen LogP contribution in [0, 0.1) is 17.8 Å². The highest BCUT2D eigenvalue weighted by atomic mass is 16.5. The fraction of sp³-hybridized carbons (Fsp3) is 0.846. The maximum atomic E-state index is 5.66. The van der Waals surface area contributed by atoms with Crippen molar-refractivity contribution in [1.82, 2.24) is 0 Å². The SMILES string of the molecule is C=C1C2CCC(C(C)(C)OC)C1COC2. The summed E-state index contributed by atoms with van der Waals surface area (Å²) in [6.07, 6.45) is 2.46. The Morgan fingerprint density at radius 3 is 2.73 bits per heavy atom. The summed E-state index contributed by atoms with van der Waals surface area (Å²) < 4.78 is 11.3. The molecule has 3 unspecified atom stereocenters. The van der Waals surface area contributed by atoms with Crippen molar-refractivity contribution in [1.29, 1.82) is 0 Å². The van der Waals surface area contributed by atoms with Crippen LogP contribution in [-0.2, 0) is 9.47 Å². The van der Waals surface area contributed by atoms with Gasteiger partial charge < -0.3 is 9.47 Å². The van der Waals surface area contributed by atoms with E-state index in [4.69, 9.17) is 9.47 Å². The fourth-order valence-corrected chi connectivity index (χ4v) is 3.06. The van der Waals surface area contributed by atoms with Gasteiger partial charge in [0.05, 0.1) is 18.8 Å². The highest BCUT2D eigenvalue weighted by molar-refractivity contribution is 5.15. The van der Waals surface area contributed by atoms with Gasteiger partial charge in [0.15, 0.2) is 0 Å². The van der Waals surface area contributed by atoms with Crippen molar-refractivity contribution in [2.45, 2.75) is 32.3 Å². The van der Waals surface area contributed by atoms with E-state index in [0.717, 1.165) is 13.2 Å². The Hall–Kier alpha value is -0.340. The first-order valence-electron chi connectivity index (χ1n) is 5.88. The zero-order valence-corrected chi connectivity index (χ0v) is 10.1. The van der Waals surface area contributed by atoms with Crippen LogP contribution in [0.15, 0.2) is 12.2 Å². The van der Waals surface area contributed by atoms with E-state index in [1.165, 1.54) is 18.4 Å². The molecule has 2 aliphatic rings. The van der Waals surface area contributed by atoms with Gasteiger partial charge in [-0.25, -0.2) is 0 Å². The summed E-state index contributed by atoms with van der Waals surface area (Å²) in [5.41, 5.74) is 1.35. The van der Waals surface area contributed by atoms with Crippen LogP contribution in [0.1, 0.15) is 26.7 Å². The van der Waals surface area contributed by atoms with E-state index in [0.29, 0.717) is 17.8 Å². The van der Waals surface area contributed by atoms with Crippen LogP contribution >= 0.6 is 0 Å². The third-order valence-corrected chi connectivity index (χ3v) is 4.35. The van der Waals surface area contributed by atoms with Crippen molar-refractivity contribution in [2.24, 2.45) is 17.8 Å². The molecule has 2 bridgehead atoms. The Morgan fingerprint density at radius 2 is 2.07 bits per heavy atom. The van der Waals surface area contributed by atoms with Crippen molar-refractivity contribution >= 4 is 0 Å². The van der Waals surface area contributed by atoms with Crippen LogP contribution in [0.5, 0.6) is 0 Å². The molecule has 2 heteroatoms. The number of hydrogen-bond acceptors (Lipinski definition) is 2. The van der Waals surface area contributed by atoms with Gasteiger partial charge in [0.1, 0.15) is 0 Å². The molecule has 2 fully saturated rings. The Balaban J connectivity index is 2.17. The number of rotatable bonds is 2.